The van der Waals surface area contributed by atoms with Crippen molar-refractivity contribution in [1.82, 2.24) is 9.97 Å². The number of pyridine rings is 1. The second-order valence-corrected chi connectivity index (χ2v) is 6.09. The Morgan fingerprint density at radius 1 is 1.09 bits per heavy atom. The van der Waals surface area contributed by atoms with Gasteiger partial charge in [0.15, 0.2) is 5.13 Å². The average Bonchev–Trinajstić information content (AvgIpc) is 3.08. The first-order chi connectivity index (χ1) is 11.3. The van der Waals surface area contributed by atoms with Crippen molar-refractivity contribution in [2.75, 3.05) is 19.0 Å². The number of nitrogens with one attached hydrogen (secondary N) is 1. The quantitative estimate of drug-likeness (QED) is 0.713. The third kappa shape index (κ3) is 3.35. The molecule has 0 atom stereocenters. The number of benzene rings is 1. The molecule has 0 aliphatic carbocycles. The van der Waals surface area contributed by atoms with Gasteiger partial charge in [0, 0.05) is 30.1 Å². The van der Waals surface area contributed by atoms with E-state index in [9.17, 15) is 0 Å². The second kappa shape index (κ2) is 7.24. The van der Waals surface area contributed by atoms with Crippen molar-refractivity contribution in [3.63, 3.8) is 0 Å². The first kappa shape index (κ1) is 15.5. The number of ether oxygens (including phenoxy) is 1. The summed E-state index contributed by atoms with van der Waals surface area (Å²) in [6.07, 6.45) is 4.79. The highest BCUT2D eigenvalue weighted by Gasteiger charge is 2.14. The van der Waals surface area contributed by atoms with Gasteiger partial charge >= 0.3 is 0 Å². The molecule has 0 amide bonds. The van der Waals surface area contributed by atoms with Gasteiger partial charge in [-0.2, -0.15) is 0 Å². The number of rotatable bonds is 6. The van der Waals surface area contributed by atoms with Crippen LogP contribution in [0.3, 0.4) is 0 Å². The Morgan fingerprint density at radius 3 is 2.74 bits per heavy atom. The van der Waals surface area contributed by atoms with Gasteiger partial charge in [0.05, 0.1) is 17.7 Å². The summed E-state index contributed by atoms with van der Waals surface area (Å²) in [6, 6.07) is 12.0. The third-order valence-corrected chi connectivity index (χ3v) is 4.46. The summed E-state index contributed by atoms with van der Waals surface area (Å²) in [7, 11) is 1.68. The van der Waals surface area contributed by atoms with Gasteiger partial charge in [0.2, 0.25) is 0 Å². The molecule has 0 unspecified atom stereocenters. The lowest BCUT2D eigenvalue weighted by atomic mass is 10.0. The van der Waals surface area contributed by atoms with Crippen molar-refractivity contribution >= 4 is 16.5 Å². The van der Waals surface area contributed by atoms with Crippen LogP contribution in [-0.2, 0) is 0 Å². The lowest BCUT2D eigenvalue weighted by Gasteiger charge is -2.10. The SMILES string of the molecule is CCCNc1ncc(-c2cccnc2-c2ccccc2OC)s1. The van der Waals surface area contributed by atoms with Crippen molar-refractivity contribution < 1.29 is 4.74 Å². The molecule has 1 N–H and O–H groups in total. The molecule has 3 aromatic rings. The number of para-hydroxylation sites is 1. The molecule has 0 saturated carbocycles. The Morgan fingerprint density at radius 2 is 1.91 bits per heavy atom. The zero-order valence-corrected chi connectivity index (χ0v) is 14.1. The summed E-state index contributed by atoms with van der Waals surface area (Å²) >= 11 is 1.65. The van der Waals surface area contributed by atoms with E-state index in [0.29, 0.717) is 0 Å². The van der Waals surface area contributed by atoms with Gasteiger partial charge in [0.1, 0.15) is 5.75 Å². The third-order valence-electron chi connectivity index (χ3n) is 3.47. The maximum Gasteiger partial charge on any atom is 0.183 e. The van der Waals surface area contributed by atoms with Crippen molar-refractivity contribution in [2.24, 2.45) is 0 Å². The molecule has 1 aromatic carbocycles. The van der Waals surface area contributed by atoms with Crippen molar-refractivity contribution in [3.05, 3.63) is 48.8 Å². The van der Waals surface area contributed by atoms with Crippen LogP contribution in [0.5, 0.6) is 5.75 Å². The van der Waals surface area contributed by atoms with E-state index < -0.39 is 0 Å². The van der Waals surface area contributed by atoms with E-state index in [1.165, 1.54) is 0 Å². The molecule has 0 aliphatic heterocycles. The van der Waals surface area contributed by atoms with Crippen molar-refractivity contribution in [1.29, 1.82) is 0 Å². The molecule has 23 heavy (non-hydrogen) atoms. The minimum Gasteiger partial charge on any atom is -0.496 e. The number of aromatic nitrogens is 2. The van der Waals surface area contributed by atoms with Crippen LogP contribution < -0.4 is 10.1 Å². The number of methoxy groups -OCH3 is 1. The summed E-state index contributed by atoms with van der Waals surface area (Å²) in [6.45, 7) is 3.07. The van der Waals surface area contributed by atoms with Gasteiger partial charge in [-0.1, -0.05) is 30.4 Å². The zero-order chi connectivity index (χ0) is 16.1. The van der Waals surface area contributed by atoms with Crippen LogP contribution in [0, 0.1) is 0 Å². The van der Waals surface area contributed by atoms with Crippen LogP contribution in [0.4, 0.5) is 5.13 Å². The molecule has 0 radical (unpaired) electrons. The number of nitrogens with zero attached hydrogens (tertiary/aromatic N) is 2. The van der Waals surface area contributed by atoms with Crippen molar-refractivity contribution in [3.8, 4) is 27.4 Å². The van der Waals surface area contributed by atoms with Gasteiger partial charge < -0.3 is 10.1 Å². The lowest BCUT2D eigenvalue weighted by Crippen LogP contribution is -1.97. The number of hydrogen-bond acceptors (Lipinski definition) is 5. The van der Waals surface area contributed by atoms with E-state index in [4.69, 9.17) is 4.74 Å². The van der Waals surface area contributed by atoms with Crippen LogP contribution in [0.2, 0.25) is 0 Å². The molecule has 2 aromatic heterocycles. The molecular formula is C18H19N3OS. The second-order valence-electron chi connectivity index (χ2n) is 5.06. The van der Waals surface area contributed by atoms with Crippen LogP contribution in [0.1, 0.15) is 13.3 Å². The number of thiazole rings is 1. The van der Waals surface area contributed by atoms with E-state index >= 15 is 0 Å². The Labute approximate surface area is 140 Å². The largest absolute Gasteiger partial charge is 0.496 e. The molecule has 0 spiro atoms. The normalized spacial score (nSPS) is 10.5. The molecule has 0 bridgehead atoms. The van der Waals surface area contributed by atoms with Crippen LogP contribution in [-0.4, -0.2) is 23.6 Å². The van der Waals surface area contributed by atoms with Gasteiger partial charge in [-0.05, 0) is 30.7 Å². The highest BCUT2D eigenvalue weighted by molar-refractivity contribution is 7.18. The minimum atomic E-state index is 0.821. The summed E-state index contributed by atoms with van der Waals surface area (Å²) in [5.41, 5.74) is 2.97. The molecule has 2 heterocycles. The van der Waals surface area contributed by atoms with Gasteiger partial charge in [-0.3, -0.25) is 4.98 Å². The maximum absolute atomic E-state index is 5.48. The van der Waals surface area contributed by atoms with Gasteiger partial charge in [-0.25, -0.2) is 4.98 Å². The zero-order valence-electron chi connectivity index (χ0n) is 13.2. The first-order valence-corrected chi connectivity index (χ1v) is 8.43. The summed E-state index contributed by atoms with van der Waals surface area (Å²) < 4.78 is 5.48. The Balaban J connectivity index is 2.03. The molecule has 4 nitrogen and oxygen atoms in total. The van der Waals surface area contributed by atoms with E-state index in [1.54, 1.807) is 18.4 Å². The average molecular weight is 325 g/mol. The number of hydrogen-bond donors (Lipinski definition) is 1. The fourth-order valence-corrected chi connectivity index (χ4v) is 3.24. The smallest absolute Gasteiger partial charge is 0.183 e. The van der Waals surface area contributed by atoms with E-state index in [-0.39, 0.29) is 0 Å². The summed E-state index contributed by atoms with van der Waals surface area (Å²) in [5, 5.41) is 4.27. The van der Waals surface area contributed by atoms with Gasteiger partial charge in [-0.15, -0.1) is 0 Å². The molecule has 0 saturated heterocycles. The first-order valence-electron chi connectivity index (χ1n) is 7.62. The summed E-state index contributed by atoms with van der Waals surface area (Å²) in [4.78, 5) is 10.1. The number of anilines is 1. The molecular weight excluding hydrogens is 306 g/mol. The Bertz CT molecular complexity index is 785. The highest BCUT2D eigenvalue weighted by Crippen LogP contribution is 2.38. The molecule has 0 fully saturated rings. The van der Waals surface area contributed by atoms with E-state index in [0.717, 1.165) is 45.5 Å². The highest BCUT2D eigenvalue weighted by atomic mass is 32.1. The molecule has 0 aliphatic rings. The predicted molar refractivity (Wildman–Crippen MR) is 96.1 cm³/mol. The molecule has 5 heteroatoms. The maximum atomic E-state index is 5.48. The topological polar surface area (TPSA) is 47.0 Å². The molecule has 118 valence electrons. The monoisotopic (exact) mass is 325 g/mol. The lowest BCUT2D eigenvalue weighted by molar-refractivity contribution is 0.416. The van der Waals surface area contributed by atoms with E-state index in [2.05, 4.69) is 28.3 Å². The molecule has 3 rings (SSSR count). The predicted octanol–water partition coefficient (Wildman–Crippen LogP) is 4.70. The fraction of sp³-hybridized carbons (Fsp3) is 0.222. The Hall–Kier alpha value is -2.40. The Kier molecular flexibility index (Phi) is 4.88. The van der Waals surface area contributed by atoms with Crippen LogP contribution in [0.15, 0.2) is 48.8 Å². The van der Waals surface area contributed by atoms with Gasteiger partial charge in [0.25, 0.3) is 0 Å². The van der Waals surface area contributed by atoms with Crippen molar-refractivity contribution in [2.45, 2.75) is 13.3 Å². The fourth-order valence-electron chi connectivity index (χ4n) is 2.37. The van der Waals surface area contributed by atoms with Crippen LogP contribution >= 0.6 is 11.3 Å². The van der Waals surface area contributed by atoms with Crippen LogP contribution in [0.25, 0.3) is 21.7 Å². The summed E-state index contributed by atoms with van der Waals surface area (Å²) in [5.74, 6) is 0.821. The van der Waals surface area contributed by atoms with E-state index in [1.807, 2.05) is 42.7 Å². The minimum absolute atomic E-state index is 0.821. The standard InChI is InChI=1S/C18H19N3OS/c1-3-10-20-18-21-12-16(23-18)14-8-6-11-19-17(14)13-7-4-5-9-15(13)22-2/h4-9,11-12H,3,10H2,1-2H3,(H,20,21).